The second-order valence-corrected chi connectivity index (χ2v) is 14.6. The van der Waals surface area contributed by atoms with Gasteiger partial charge in [0.25, 0.3) is 15.9 Å². The molecule has 0 fully saturated rings. The van der Waals surface area contributed by atoms with E-state index in [-0.39, 0.29) is 53.2 Å². The fourth-order valence-electron chi connectivity index (χ4n) is 5.16. The minimum absolute atomic E-state index is 0.154. The summed E-state index contributed by atoms with van der Waals surface area (Å²) >= 11 is 1.09. The zero-order valence-electron chi connectivity index (χ0n) is 26.7. The minimum atomic E-state index is -3.85. The van der Waals surface area contributed by atoms with Crippen LogP contribution in [0.1, 0.15) is 50.4 Å². The average Bonchev–Trinajstić information content (AvgIpc) is 3.59. The lowest BCUT2D eigenvalue weighted by atomic mass is 10.0. The van der Waals surface area contributed by atoms with Crippen molar-refractivity contribution in [3.63, 3.8) is 0 Å². The molecular weight excluding hydrogens is 629 g/mol. The summed E-state index contributed by atoms with van der Waals surface area (Å²) in [7, 11) is -2.15. The summed E-state index contributed by atoms with van der Waals surface area (Å²) in [5.74, 6) is -0.322. The number of hydrogen-bond acceptors (Lipinski definition) is 8. The normalized spacial score (nSPS) is 20.5. The van der Waals surface area contributed by atoms with Crippen molar-refractivity contribution < 1.29 is 32.6 Å². The number of sulfonamides is 1. The van der Waals surface area contributed by atoms with Crippen molar-refractivity contribution in [2.75, 3.05) is 43.4 Å². The highest BCUT2D eigenvalue weighted by molar-refractivity contribution is 7.94. The maximum Gasteiger partial charge on any atom is 0.321 e. The number of thiophene rings is 1. The second kappa shape index (κ2) is 16.3. The SMILES string of the molecule is C[C@@H]1CCCCO[C@@H](CN(C)C(=O)Nc2ccccc2)[C@H](C)CN([C@@H](C)CO)C(=O)c2cc(NS(=O)(=O)c3cccs3)ccc2O1. The number of carbonyl (C=O) groups is 2. The van der Waals surface area contributed by atoms with E-state index in [1.807, 2.05) is 44.2 Å². The molecule has 1 aliphatic heterocycles. The molecule has 0 aliphatic carbocycles. The van der Waals surface area contributed by atoms with E-state index < -0.39 is 28.1 Å². The molecule has 1 aromatic heterocycles. The molecule has 4 rings (SSSR count). The third-order valence-corrected chi connectivity index (χ3v) is 10.7. The van der Waals surface area contributed by atoms with Crippen LogP contribution in [0.25, 0.3) is 0 Å². The quantitative estimate of drug-likeness (QED) is 0.287. The predicted molar refractivity (Wildman–Crippen MR) is 180 cm³/mol. The van der Waals surface area contributed by atoms with Crippen LogP contribution in [0.2, 0.25) is 0 Å². The first-order chi connectivity index (χ1) is 22.0. The van der Waals surface area contributed by atoms with E-state index in [1.54, 1.807) is 47.4 Å². The highest BCUT2D eigenvalue weighted by Gasteiger charge is 2.31. The predicted octanol–water partition coefficient (Wildman–Crippen LogP) is 5.51. The molecule has 3 amide bonds. The summed E-state index contributed by atoms with van der Waals surface area (Å²) in [6.07, 6.45) is 1.67. The van der Waals surface area contributed by atoms with Crippen molar-refractivity contribution in [3.05, 3.63) is 71.6 Å². The van der Waals surface area contributed by atoms with E-state index in [2.05, 4.69) is 10.0 Å². The van der Waals surface area contributed by atoms with Gasteiger partial charge in [0.1, 0.15) is 9.96 Å². The lowest BCUT2D eigenvalue weighted by molar-refractivity contribution is -0.0115. The summed E-state index contributed by atoms with van der Waals surface area (Å²) in [6.45, 7) is 6.29. The number of fused-ring (bicyclic) bond motifs is 1. The molecule has 11 nitrogen and oxygen atoms in total. The molecule has 250 valence electrons. The van der Waals surface area contributed by atoms with Crippen molar-refractivity contribution in [1.29, 1.82) is 0 Å². The van der Waals surface area contributed by atoms with Crippen LogP contribution in [0, 0.1) is 5.92 Å². The second-order valence-electron chi connectivity index (χ2n) is 11.7. The van der Waals surface area contributed by atoms with Gasteiger partial charge < -0.3 is 29.7 Å². The number of ether oxygens (including phenoxy) is 2. The number of carbonyl (C=O) groups excluding carboxylic acids is 2. The fourth-order valence-corrected chi connectivity index (χ4v) is 7.21. The van der Waals surface area contributed by atoms with Crippen LogP contribution in [0.4, 0.5) is 16.2 Å². The van der Waals surface area contributed by atoms with Crippen LogP contribution >= 0.6 is 11.3 Å². The van der Waals surface area contributed by atoms with Gasteiger partial charge in [0, 0.05) is 44.0 Å². The Hall–Kier alpha value is -3.65. The number of likely N-dealkylation sites (N-methyl/N-ethyl adjacent to an activating group) is 1. The summed E-state index contributed by atoms with van der Waals surface area (Å²) in [5.41, 5.74) is 1.08. The molecular formula is C33H44N4O7S2. The third-order valence-electron chi connectivity index (χ3n) is 7.89. The number of amides is 3. The number of aliphatic hydroxyl groups excluding tert-OH is 1. The van der Waals surface area contributed by atoms with Crippen molar-refractivity contribution >= 4 is 44.7 Å². The van der Waals surface area contributed by atoms with Crippen molar-refractivity contribution in [1.82, 2.24) is 9.80 Å². The van der Waals surface area contributed by atoms with Gasteiger partial charge >= 0.3 is 6.03 Å². The first kappa shape index (κ1) is 35.2. The van der Waals surface area contributed by atoms with Gasteiger partial charge in [-0.15, -0.1) is 11.3 Å². The van der Waals surface area contributed by atoms with Crippen molar-refractivity contribution in [2.45, 2.75) is 62.5 Å². The Balaban J connectivity index is 1.62. The van der Waals surface area contributed by atoms with Gasteiger partial charge in [-0.3, -0.25) is 9.52 Å². The van der Waals surface area contributed by atoms with Gasteiger partial charge in [-0.05, 0) is 74.9 Å². The number of anilines is 2. The van der Waals surface area contributed by atoms with Crippen molar-refractivity contribution in [3.8, 4) is 5.75 Å². The molecule has 3 N–H and O–H groups in total. The highest BCUT2D eigenvalue weighted by atomic mass is 32.2. The Kier molecular flexibility index (Phi) is 12.4. The number of nitrogens with zero attached hydrogens (tertiary/aromatic N) is 2. The summed E-state index contributed by atoms with van der Waals surface area (Å²) in [5, 5.41) is 14.7. The highest BCUT2D eigenvalue weighted by Crippen LogP contribution is 2.30. The molecule has 46 heavy (non-hydrogen) atoms. The number of benzene rings is 2. The lowest BCUT2D eigenvalue weighted by Crippen LogP contribution is -2.48. The van der Waals surface area contributed by atoms with E-state index in [0.29, 0.717) is 24.5 Å². The largest absolute Gasteiger partial charge is 0.490 e. The maximum atomic E-state index is 14.3. The van der Waals surface area contributed by atoms with Crippen LogP contribution in [-0.2, 0) is 14.8 Å². The zero-order valence-corrected chi connectivity index (χ0v) is 28.4. The van der Waals surface area contributed by atoms with E-state index in [0.717, 1.165) is 24.2 Å². The van der Waals surface area contributed by atoms with E-state index >= 15 is 0 Å². The smallest absolute Gasteiger partial charge is 0.321 e. The van der Waals surface area contributed by atoms with E-state index in [9.17, 15) is 23.1 Å². The Bertz CT molecular complexity index is 1540. The standard InChI is InChI=1S/C33H44N4O7S2/c1-23-20-37(24(2)22-38)32(39)28-19-27(35-46(41,42)31-14-10-18-45-31)15-16-29(28)44-25(3)11-8-9-17-43-30(23)21-36(4)33(40)34-26-12-6-5-7-13-26/h5-7,10,12-16,18-19,23-25,30,35,38H,8-9,11,17,20-22H2,1-4H3,(H,34,40)/t23-,24+,25-,30+/m1/s1. The average molecular weight is 673 g/mol. The van der Waals surface area contributed by atoms with Crippen LogP contribution in [-0.4, -0.2) is 86.9 Å². The number of rotatable bonds is 8. The topological polar surface area (TPSA) is 138 Å². The van der Waals surface area contributed by atoms with Crippen LogP contribution in [0.15, 0.2) is 70.3 Å². The zero-order chi connectivity index (χ0) is 33.3. The summed E-state index contributed by atoms with van der Waals surface area (Å²) < 4.78 is 41.2. The monoisotopic (exact) mass is 672 g/mol. The Morgan fingerprint density at radius 3 is 2.57 bits per heavy atom. The van der Waals surface area contributed by atoms with Gasteiger partial charge in [-0.25, -0.2) is 13.2 Å². The first-order valence-corrected chi connectivity index (χ1v) is 17.8. The molecule has 2 heterocycles. The fraction of sp³-hybridized carbons (Fsp3) is 0.455. The van der Waals surface area contributed by atoms with Crippen molar-refractivity contribution in [2.24, 2.45) is 5.92 Å². The molecule has 0 saturated carbocycles. The third kappa shape index (κ3) is 9.44. The number of aliphatic hydroxyl groups is 1. The molecule has 0 radical (unpaired) electrons. The molecule has 4 atom stereocenters. The number of para-hydroxylation sites is 1. The summed E-state index contributed by atoms with van der Waals surface area (Å²) in [4.78, 5) is 30.4. The molecule has 3 aromatic rings. The van der Waals surface area contributed by atoms with E-state index in [1.165, 1.54) is 12.1 Å². The Morgan fingerprint density at radius 2 is 1.87 bits per heavy atom. The van der Waals surface area contributed by atoms with E-state index in [4.69, 9.17) is 9.47 Å². The van der Waals surface area contributed by atoms with Crippen LogP contribution in [0.3, 0.4) is 0 Å². The van der Waals surface area contributed by atoms with Gasteiger partial charge in [0.2, 0.25) is 0 Å². The molecule has 0 bridgehead atoms. The molecule has 13 heteroatoms. The van der Waals surface area contributed by atoms with Crippen LogP contribution < -0.4 is 14.8 Å². The number of urea groups is 1. The van der Waals surface area contributed by atoms with Gasteiger partial charge in [0.15, 0.2) is 0 Å². The lowest BCUT2D eigenvalue weighted by Gasteiger charge is -2.35. The van der Waals surface area contributed by atoms with Gasteiger partial charge in [0.05, 0.1) is 30.4 Å². The number of nitrogens with one attached hydrogen (secondary N) is 2. The first-order valence-electron chi connectivity index (χ1n) is 15.5. The molecule has 0 spiro atoms. The number of hydrogen-bond donors (Lipinski definition) is 3. The summed E-state index contributed by atoms with van der Waals surface area (Å²) in [6, 6.07) is 16.2. The minimum Gasteiger partial charge on any atom is -0.490 e. The molecule has 2 aromatic carbocycles. The molecule has 0 saturated heterocycles. The van der Waals surface area contributed by atoms with Gasteiger partial charge in [-0.2, -0.15) is 0 Å². The molecule has 0 unspecified atom stereocenters. The maximum absolute atomic E-state index is 14.3. The van der Waals surface area contributed by atoms with Gasteiger partial charge in [-0.1, -0.05) is 31.2 Å². The Labute approximate surface area is 275 Å². The van der Waals surface area contributed by atoms with Crippen LogP contribution in [0.5, 0.6) is 5.75 Å². The Morgan fingerprint density at radius 1 is 1.11 bits per heavy atom. The molecule has 1 aliphatic rings.